The maximum absolute atomic E-state index is 5.75. The van der Waals surface area contributed by atoms with E-state index in [-0.39, 0.29) is 0 Å². The van der Waals surface area contributed by atoms with E-state index in [0.717, 1.165) is 18.6 Å². The Morgan fingerprint density at radius 3 is 2.20 bits per heavy atom. The molecule has 0 aromatic carbocycles. The summed E-state index contributed by atoms with van der Waals surface area (Å²) in [5.41, 5.74) is 6.84. The molecule has 1 fully saturated rings. The summed E-state index contributed by atoms with van der Waals surface area (Å²) in [4.78, 5) is 0. The quantitative estimate of drug-likeness (QED) is 0.485. The average molecular weight is 141 g/mol. The van der Waals surface area contributed by atoms with Crippen molar-refractivity contribution in [2.24, 2.45) is 11.7 Å². The normalized spacial score (nSPS) is 33.8. The van der Waals surface area contributed by atoms with E-state index >= 15 is 0 Å². The monoisotopic (exact) mass is 141 g/mol. The van der Waals surface area contributed by atoms with E-state index in [2.05, 4.69) is 0 Å². The van der Waals surface area contributed by atoms with E-state index < -0.39 is 0 Å². The molecular weight excluding hydrogens is 124 g/mol. The predicted molar refractivity (Wildman–Crippen MR) is 42.5 cm³/mol. The number of nitrogens with two attached hydrogens (primary N) is 2. The summed E-state index contributed by atoms with van der Waals surface area (Å²) in [7, 11) is 0. The number of hydrogen-bond acceptors (Lipinski definition) is 1. The van der Waals surface area contributed by atoms with Gasteiger partial charge in [-0.3, -0.25) is 5.41 Å². The van der Waals surface area contributed by atoms with Gasteiger partial charge in [0.1, 0.15) is 5.71 Å². The van der Waals surface area contributed by atoms with E-state index in [1.807, 2.05) is 6.92 Å². The second kappa shape index (κ2) is 3.15. The van der Waals surface area contributed by atoms with Crippen LogP contribution in [0.3, 0.4) is 0 Å². The molecule has 0 spiro atoms. The van der Waals surface area contributed by atoms with Crippen molar-refractivity contribution in [3.8, 4) is 0 Å². The van der Waals surface area contributed by atoms with Gasteiger partial charge in [-0.05, 0) is 25.7 Å². The number of hydrogen-bond donors (Lipinski definition) is 2. The molecule has 0 aliphatic heterocycles. The maximum Gasteiger partial charge on any atom is 0.149 e. The molecule has 0 aromatic rings. The highest BCUT2D eigenvalue weighted by Crippen LogP contribution is 2.22. The first kappa shape index (κ1) is 7.73. The van der Waals surface area contributed by atoms with Gasteiger partial charge in [0.15, 0.2) is 0 Å². The first-order valence-corrected chi connectivity index (χ1v) is 4.04. The number of rotatable bonds is 1. The second-order valence-electron chi connectivity index (χ2n) is 3.36. The molecule has 0 unspecified atom stereocenters. The van der Waals surface area contributed by atoms with Crippen LogP contribution in [0.4, 0.5) is 0 Å². The highest BCUT2D eigenvalue weighted by molar-refractivity contribution is 5.78. The first-order chi connectivity index (χ1) is 4.70. The van der Waals surface area contributed by atoms with Gasteiger partial charge in [0.05, 0.1) is 0 Å². The summed E-state index contributed by atoms with van der Waals surface area (Å²) in [5, 5.41) is 5.69. The molecule has 0 heterocycles. The average Bonchev–Trinajstić information content (AvgIpc) is 1.88. The highest BCUT2D eigenvalue weighted by Gasteiger charge is 2.21. The van der Waals surface area contributed by atoms with Crippen LogP contribution < -0.4 is 11.1 Å². The predicted octanol–water partition coefficient (Wildman–Crippen LogP) is -0.276. The molecule has 0 bridgehead atoms. The van der Waals surface area contributed by atoms with E-state index in [9.17, 15) is 0 Å². The van der Waals surface area contributed by atoms with Crippen LogP contribution in [0.25, 0.3) is 0 Å². The van der Waals surface area contributed by atoms with Gasteiger partial charge < -0.3 is 5.73 Å². The van der Waals surface area contributed by atoms with Crippen LogP contribution in [0.15, 0.2) is 0 Å². The van der Waals surface area contributed by atoms with Gasteiger partial charge in [-0.25, -0.2) is 0 Å². The van der Waals surface area contributed by atoms with Gasteiger partial charge in [-0.1, -0.05) is 0 Å². The van der Waals surface area contributed by atoms with Crippen molar-refractivity contribution in [2.75, 3.05) is 0 Å². The zero-order valence-corrected chi connectivity index (χ0v) is 6.64. The highest BCUT2D eigenvalue weighted by atomic mass is 14.6. The summed E-state index contributed by atoms with van der Waals surface area (Å²) in [6.45, 7) is 2.02. The second-order valence-corrected chi connectivity index (χ2v) is 3.36. The van der Waals surface area contributed by atoms with Crippen molar-refractivity contribution in [3.05, 3.63) is 0 Å². The largest absolute Gasteiger partial charge is 0.328 e. The minimum atomic E-state index is 0.440. The lowest BCUT2D eigenvalue weighted by Gasteiger charge is -2.22. The molecule has 0 radical (unpaired) electrons. The molecule has 0 saturated heterocycles. The third-order valence-corrected chi connectivity index (χ3v) is 2.42. The Labute approximate surface area is 62.3 Å². The summed E-state index contributed by atoms with van der Waals surface area (Å²) in [6, 6.07) is 0.440. The summed E-state index contributed by atoms with van der Waals surface area (Å²) in [5.74, 6) is 0.653. The standard InChI is InChI=1S/C8H16N2/c1-6(9)7-2-4-8(10)5-3-7/h7-9H,2-5,10H2,1H3/p+1. The van der Waals surface area contributed by atoms with Crippen LogP contribution >= 0.6 is 0 Å². The summed E-state index contributed by atoms with van der Waals surface area (Å²) in [6.07, 6.45) is 4.70. The van der Waals surface area contributed by atoms with Crippen molar-refractivity contribution < 1.29 is 5.41 Å². The molecule has 4 N–H and O–H groups in total. The van der Waals surface area contributed by atoms with Gasteiger partial charge in [-0.2, -0.15) is 0 Å². The minimum Gasteiger partial charge on any atom is -0.328 e. The lowest BCUT2D eigenvalue weighted by atomic mass is 9.84. The molecule has 0 aromatic heterocycles. The Kier molecular flexibility index (Phi) is 2.44. The van der Waals surface area contributed by atoms with Gasteiger partial charge in [0.2, 0.25) is 0 Å². The lowest BCUT2D eigenvalue weighted by Crippen LogP contribution is -2.44. The van der Waals surface area contributed by atoms with E-state index in [1.54, 1.807) is 0 Å². The maximum atomic E-state index is 5.75. The third-order valence-electron chi connectivity index (χ3n) is 2.42. The van der Waals surface area contributed by atoms with Gasteiger partial charge in [0.25, 0.3) is 0 Å². The molecule has 1 rings (SSSR count). The fourth-order valence-electron chi connectivity index (χ4n) is 1.57. The van der Waals surface area contributed by atoms with Crippen LogP contribution in [0.1, 0.15) is 32.6 Å². The Morgan fingerprint density at radius 1 is 1.30 bits per heavy atom. The van der Waals surface area contributed by atoms with E-state index in [0.29, 0.717) is 12.0 Å². The summed E-state index contributed by atoms with van der Waals surface area (Å²) >= 11 is 0. The van der Waals surface area contributed by atoms with Crippen molar-refractivity contribution in [2.45, 2.75) is 38.6 Å². The Morgan fingerprint density at radius 2 is 1.80 bits per heavy atom. The van der Waals surface area contributed by atoms with E-state index in [1.165, 1.54) is 12.8 Å². The fourth-order valence-corrected chi connectivity index (χ4v) is 1.57. The van der Waals surface area contributed by atoms with Gasteiger partial charge in [0, 0.05) is 18.9 Å². The SMILES string of the molecule is CC(=[NH2+])C1CCC(N)CC1. The van der Waals surface area contributed by atoms with Crippen molar-refractivity contribution in [1.29, 1.82) is 0 Å². The van der Waals surface area contributed by atoms with E-state index in [4.69, 9.17) is 11.1 Å². The smallest absolute Gasteiger partial charge is 0.149 e. The van der Waals surface area contributed by atoms with Crippen molar-refractivity contribution in [1.82, 2.24) is 0 Å². The molecule has 2 heteroatoms. The van der Waals surface area contributed by atoms with Crippen molar-refractivity contribution in [3.63, 3.8) is 0 Å². The van der Waals surface area contributed by atoms with Gasteiger partial charge >= 0.3 is 0 Å². The van der Waals surface area contributed by atoms with Crippen molar-refractivity contribution >= 4 is 5.71 Å². The fraction of sp³-hybridized carbons (Fsp3) is 0.875. The topological polar surface area (TPSA) is 51.6 Å². The van der Waals surface area contributed by atoms with Crippen LogP contribution in [-0.4, -0.2) is 11.8 Å². The molecule has 58 valence electrons. The Hall–Kier alpha value is -0.370. The molecule has 1 saturated carbocycles. The van der Waals surface area contributed by atoms with Crippen LogP contribution in [0, 0.1) is 5.92 Å². The minimum absolute atomic E-state index is 0.440. The zero-order valence-electron chi connectivity index (χ0n) is 6.64. The molecule has 0 amide bonds. The molecule has 10 heavy (non-hydrogen) atoms. The molecule has 1 aliphatic carbocycles. The van der Waals surface area contributed by atoms with Crippen LogP contribution in [-0.2, 0) is 0 Å². The third kappa shape index (κ3) is 1.81. The molecule has 2 nitrogen and oxygen atoms in total. The Balaban J connectivity index is 2.33. The molecular formula is C8H17N2+. The molecule has 0 atom stereocenters. The lowest BCUT2D eigenvalue weighted by molar-refractivity contribution is -0.121. The van der Waals surface area contributed by atoms with Crippen LogP contribution in [0.2, 0.25) is 0 Å². The summed E-state index contributed by atoms with van der Waals surface area (Å²) < 4.78 is 0. The first-order valence-electron chi connectivity index (χ1n) is 4.04. The molecule has 1 aliphatic rings. The van der Waals surface area contributed by atoms with Gasteiger partial charge in [-0.15, -0.1) is 0 Å². The van der Waals surface area contributed by atoms with Crippen LogP contribution in [0.5, 0.6) is 0 Å². The zero-order chi connectivity index (χ0) is 7.56. The Bertz CT molecular complexity index is 123.